The van der Waals surface area contributed by atoms with E-state index < -0.39 is 10.0 Å². The number of hydrogen-bond acceptors (Lipinski definition) is 4. The summed E-state index contributed by atoms with van der Waals surface area (Å²) in [6.45, 7) is 3.86. The highest BCUT2D eigenvalue weighted by Crippen LogP contribution is 2.19. The Bertz CT molecular complexity index is 677. The Morgan fingerprint density at radius 1 is 1.35 bits per heavy atom. The molecule has 0 bridgehead atoms. The summed E-state index contributed by atoms with van der Waals surface area (Å²) in [4.78, 5) is -0.0328. The summed E-state index contributed by atoms with van der Waals surface area (Å²) >= 11 is 0. The Morgan fingerprint density at radius 3 is 2.50 bits per heavy atom. The number of nitrogens with one attached hydrogen (secondary N) is 2. The molecule has 1 aromatic carbocycles. The maximum absolute atomic E-state index is 12.2. The number of anilines is 1. The molecule has 6 nitrogen and oxygen atoms in total. The van der Waals surface area contributed by atoms with Crippen molar-refractivity contribution in [2.45, 2.75) is 31.2 Å². The smallest absolute Gasteiger partial charge is 0.246 e. The van der Waals surface area contributed by atoms with Gasteiger partial charge in [0.2, 0.25) is 10.0 Å². The average molecular weight is 294 g/mol. The Balaban J connectivity index is 2.18. The minimum atomic E-state index is -3.68. The van der Waals surface area contributed by atoms with Crippen LogP contribution >= 0.6 is 0 Å². The van der Waals surface area contributed by atoms with E-state index in [1.54, 1.807) is 6.92 Å². The number of sulfonamides is 1. The Kier molecular flexibility index (Phi) is 4.10. The van der Waals surface area contributed by atoms with Crippen molar-refractivity contribution in [3.63, 3.8) is 0 Å². The molecule has 0 radical (unpaired) electrons. The number of benzene rings is 1. The number of aromatic nitrogens is 2. The Morgan fingerprint density at radius 2 is 2.00 bits per heavy atom. The maximum Gasteiger partial charge on any atom is 0.246 e. The summed E-state index contributed by atoms with van der Waals surface area (Å²) in [6, 6.07) is 7.48. The van der Waals surface area contributed by atoms with Crippen LogP contribution in [0, 0.1) is 0 Å². The van der Waals surface area contributed by atoms with Gasteiger partial charge in [-0.15, -0.1) is 0 Å². The van der Waals surface area contributed by atoms with E-state index in [-0.39, 0.29) is 16.8 Å². The highest BCUT2D eigenvalue weighted by molar-refractivity contribution is 7.89. The third-order valence-electron chi connectivity index (χ3n) is 3.14. The van der Waals surface area contributed by atoms with E-state index in [9.17, 15) is 8.42 Å². The molecule has 1 aromatic heterocycles. The average Bonchev–Trinajstić information content (AvgIpc) is 2.85. The molecule has 1 atom stereocenters. The van der Waals surface area contributed by atoms with E-state index in [1.165, 1.54) is 11.8 Å². The topological polar surface area (TPSA) is 101 Å². The normalized spacial score (nSPS) is 13.3. The molecule has 0 saturated heterocycles. The molecule has 2 aromatic rings. The van der Waals surface area contributed by atoms with Gasteiger partial charge in [0.15, 0.2) is 0 Å². The molecule has 1 unspecified atom stereocenters. The first-order chi connectivity index (χ1) is 9.44. The van der Waals surface area contributed by atoms with Crippen LogP contribution in [0.15, 0.2) is 35.4 Å². The number of nitrogen functional groups attached to an aromatic ring is 1. The minimum Gasteiger partial charge on any atom is -0.383 e. The zero-order valence-corrected chi connectivity index (χ0v) is 12.2. The molecular weight excluding hydrogens is 276 g/mol. The Hall–Kier alpha value is -1.86. The molecule has 1 heterocycles. The van der Waals surface area contributed by atoms with E-state index in [0.717, 1.165) is 12.0 Å². The number of aryl methyl sites for hydroxylation is 1. The van der Waals surface area contributed by atoms with Crippen LogP contribution in [0.5, 0.6) is 0 Å². The summed E-state index contributed by atoms with van der Waals surface area (Å²) < 4.78 is 26.9. The third-order valence-corrected chi connectivity index (χ3v) is 4.71. The van der Waals surface area contributed by atoms with Gasteiger partial charge in [0.25, 0.3) is 0 Å². The maximum atomic E-state index is 12.2. The molecule has 0 amide bonds. The molecular formula is C13H18N4O2S. The second-order valence-corrected chi connectivity index (χ2v) is 6.27. The summed E-state index contributed by atoms with van der Waals surface area (Å²) in [6.07, 6.45) is 2.15. The van der Waals surface area contributed by atoms with Crippen molar-refractivity contribution in [1.82, 2.24) is 14.9 Å². The number of H-pyrrole nitrogens is 1. The van der Waals surface area contributed by atoms with Crippen LogP contribution in [0.4, 0.5) is 5.82 Å². The predicted molar refractivity (Wildman–Crippen MR) is 77.6 cm³/mol. The van der Waals surface area contributed by atoms with Gasteiger partial charge in [0, 0.05) is 6.04 Å². The van der Waals surface area contributed by atoms with Crippen molar-refractivity contribution in [2.75, 3.05) is 5.73 Å². The zero-order chi connectivity index (χ0) is 14.8. The number of hydrogen-bond donors (Lipinski definition) is 3. The van der Waals surface area contributed by atoms with E-state index in [4.69, 9.17) is 5.73 Å². The van der Waals surface area contributed by atoms with Crippen LogP contribution in [0.25, 0.3) is 0 Å². The van der Waals surface area contributed by atoms with Crippen molar-refractivity contribution >= 4 is 15.8 Å². The first-order valence-electron chi connectivity index (χ1n) is 6.34. The van der Waals surface area contributed by atoms with Gasteiger partial charge in [0.05, 0.1) is 6.20 Å². The van der Waals surface area contributed by atoms with E-state index in [0.29, 0.717) is 0 Å². The standard InChI is InChI=1S/C13H18N4O2S/c1-3-10-4-6-11(7-5-10)9(2)17-20(18,19)12-8-15-16-13(12)14/h4-9,17H,3H2,1-2H3,(H3,14,15,16). The molecule has 4 N–H and O–H groups in total. The molecule has 7 heteroatoms. The van der Waals surface area contributed by atoms with Crippen molar-refractivity contribution in [3.05, 3.63) is 41.6 Å². The second kappa shape index (κ2) is 5.64. The van der Waals surface area contributed by atoms with Crippen LogP contribution in [0.3, 0.4) is 0 Å². The highest BCUT2D eigenvalue weighted by atomic mass is 32.2. The van der Waals surface area contributed by atoms with Gasteiger partial charge in [-0.2, -0.15) is 5.10 Å². The fraction of sp³-hybridized carbons (Fsp3) is 0.308. The van der Waals surface area contributed by atoms with Crippen LogP contribution < -0.4 is 10.5 Å². The Labute approximate surface area is 118 Å². The molecule has 2 rings (SSSR count). The number of nitrogens with zero attached hydrogens (tertiary/aromatic N) is 1. The summed E-state index contributed by atoms with van der Waals surface area (Å²) in [7, 11) is -3.68. The summed E-state index contributed by atoms with van der Waals surface area (Å²) in [5, 5.41) is 6.03. The SMILES string of the molecule is CCc1ccc(C(C)NS(=O)(=O)c2cn[nH]c2N)cc1. The zero-order valence-electron chi connectivity index (χ0n) is 11.4. The molecule has 0 spiro atoms. The number of rotatable bonds is 5. The summed E-state index contributed by atoms with van der Waals surface area (Å²) in [5.74, 6) is 0.0334. The van der Waals surface area contributed by atoms with Gasteiger partial charge in [-0.05, 0) is 24.5 Å². The van der Waals surface area contributed by atoms with Crippen LogP contribution in [-0.2, 0) is 16.4 Å². The van der Waals surface area contributed by atoms with Gasteiger partial charge >= 0.3 is 0 Å². The fourth-order valence-electron chi connectivity index (χ4n) is 1.91. The molecule has 20 heavy (non-hydrogen) atoms. The van der Waals surface area contributed by atoms with Crippen molar-refractivity contribution in [3.8, 4) is 0 Å². The van der Waals surface area contributed by atoms with Crippen molar-refractivity contribution in [1.29, 1.82) is 0 Å². The highest BCUT2D eigenvalue weighted by Gasteiger charge is 2.22. The lowest BCUT2D eigenvalue weighted by Crippen LogP contribution is -2.27. The monoisotopic (exact) mass is 294 g/mol. The van der Waals surface area contributed by atoms with Crippen LogP contribution in [0.1, 0.15) is 31.0 Å². The molecule has 0 aliphatic carbocycles. The van der Waals surface area contributed by atoms with Gasteiger partial charge in [0.1, 0.15) is 10.7 Å². The summed E-state index contributed by atoms with van der Waals surface area (Å²) in [5.41, 5.74) is 7.65. The van der Waals surface area contributed by atoms with Crippen LogP contribution in [0.2, 0.25) is 0 Å². The lowest BCUT2D eigenvalue weighted by Gasteiger charge is -2.14. The third kappa shape index (κ3) is 3.00. The molecule has 108 valence electrons. The molecule has 0 aliphatic rings. The predicted octanol–water partition coefficient (Wildman–Crippen LogP) is 1.59. The van der Waals surface area contributed by atoms with Gasteiger partial charge in [-0.1, -0.05) is 31.2 Å². The number of aromatic amines is 1. The van der Waals surface area contributed by atoms with Gasteiger partial charge < -0.3 is 5.73 Å². The van der Waals surface area contributed by atoms with Crippen molar-refractivity contribution < 1.29 is 8.42 Å². The van der Waals surface area contributed by atoms with Gasteiger partial charge in [-0.3, -0.25) is 5.10 Å². The largest absolute Gasteiger partial charge is 0.383 e. The van der Waals surface area contributed by atoms with E-state index >= 15 is 0 Å². The van der Waals surface area contributed by atoms with Gasteiger partial charge in [-0.25, -0.2) is 13.1 Å². The minimum absolute atomic E-state index is 0.0328. The molecule has 0 saturated carbocycles. The molecule has 0 fully saturated rings. The molecule has 0 aliphatic heterocycles. The lowest BCUT2D eigenvalue weighted by molar-refractivity contribution is 0.567. The van der Waals surface area contributed by atoms with E-state index in [2.05, 4.69) is 21.8 Å². The first kappa shape index (κ1) is 14.5. The quantitative estimate of drug-likeness (QED) is 0.779. The van der Waals surface area contributed by atoms with Crippen molar-refractivity contribution in [2.24, 2.45) is 0 Å². The first-order valence-corrected chi connectivity index (χ1v) is 7.82. The number of nitrogens with two attached hydrogens (primary N) is 1. The van der Waals surface area contributed by atoms with Crippen LogP contribution in [-0.4, -0.2) is 18.6 Å². The van der Waals surface area contributed by atoms with E-state index in [1.807, 2.05) is 24.3 Å². The fourth-order valence-corrected chi connectivity index (χ4v) is 3.16. The lowest BCUT2D eigenvalue weighted by atomic mass is 10.1. The second-order valence-electron chi connectivity index (χ2n) is 4.59.